The summed E-state index contributed by atoms with van der Waals surface area (Å²) in [6.45, 7) is 1.80. The fraction of sp³-hybridized carbons (Fsp3) is 0.133. The van der Waals surface area contributed by atoms with Crippen LogP contribution >= 0.6 is 23.4 Å². The number of benzene rings is 2. The van der Waals surface area contributed by atoms with Crippen molar-refractivity contribution in [1.82, 2.24) is 0 Å². The van der Waals surface area contributed by atoms with Gasteiger partial charge >= 0.3 is 0 Å². The van der Waals surface area contributed by atoms with Gasteiger partial charge in [0.15, 0.2) is 0 Å². The van der Waals surface area contributed by atoms with Crippen molar-refractivity contribution in [2.24, 2.45) is 0 Å². The molecule has 0 heterocycles. The minimum absolute atomic E-state index is 0.171. The van der Waals surface area contributed by atoms with Crippen molar-refractivity contribution >= 4 is 35.0 Å². The lowest BCUT2D eigenvalue weighted by Gasteiger charge is -2.12. The Labute approximate surface area is 126 Å². The normalized spacial score (nSPS) is 11.9. The van der Waals surface area contributed by atoms with E-state index in [1.165, 1.54) is 23.9 Å². The van der Waals surface area contributed by atoms with Crippen molar-refractivity contribution in [2.45, 2.75) is 17.1 Å². The number of hydrogen-bond acceptors (Lipinski definition) is 2. The summed E-state index contributed by atoms with van der Waals surface area (Å²) in [6, 6.07) is 13.1. The topological polar surface area (TPSA) is 29.1 Å². The van der Waals surface area contributed by atoms with Crippen molar-refractivity contribution in [3.8, 4) is 0 Å². The Morgan fingerprint density at radius 2 is 1.95 bits per heavy atom. The van der Waals surface area contributed by atoms with Gasteiger partial charge in [-0.25, -0.2) is 4.39 Å². The van der Waals surface area contributed by atoms with Gasteiger partial charge in [-0.3, -0.25) is 4.79 Å². The Morgan fingerprint density at radius 1 is 1.25 bits per heavy atom. The molecule has 20 heavy (non-hydrogen) atoms. The fourth-order valence-electron chi connectivity index (χ4n) is 1.58. The van der Waals surface area contributed by atoms with Crippen molar-refractivity contribution in [3.63, 3.8) is 0 Å². The van der Waals surface area contributed by atoms with Crippen LogP contribution in [0.5, 0.6) is 0 Å². The average Bonchev–Trinajstić information content (AvgIpc) is 2.41. The van der Waals surface area contributed by atoms with Gasteiger partial charge in [0.1, 0.15) is 5.82 Å². The fourth-order valence-corrected chi connectivity index (χ4v) is 2.57. The van der Waals surface area contributed by atoms with Crippen molar-refractivity contribution in [2.75, 3.05) is 5.32 Å². The first-order valence-electron chi connectivity index (χ1n) is 6.03. The molecule has 0 aromatic heterocycles. The molecule has 104 valence electrons. The van der Waals surface area contributed by atoms with Gasteiger partial charge in [0.05, 0.1) is 5.25 Å². The van der Waals surface area contributed by atoms with Crippen LogP contribution in [0.25, 0.3) is 0 Å². The SMILES string of the molecule is CC(Sc1ccc(Cl)cc1)C(=O)Nc1cccc(F)c1. The molecule has 0 saturated heterocycles. The molecule has 0 fully saturated rings. The summed E-state index contributed by atoms with van der Waals surface area (Å²) in [7, 11) is 0. The van der Waals surface area contributed by atoms with Crippen LogP contribution in [0.15, 0.2) is 53.4 Å². The maximum atomic E-state index is 13.0. The number of anilines is 1. The van der Waals surface area contributed by atoms with E-state index in [1.54, 1.807) is 31.2 Å². The lowest BCUT2D eigenvalue weighted by molar-refractivity contribution is -0.115. The molecule has 1 amide bonds. The highest BCUT2D eigenvalue weighted by atomic mass is 35.5. The molecule has 0 aliphatic heterocycles. The molecule has 0 aliphatic carbocycles. The number of hydrogen-bond donors (Lipinski definition) is 1. The van der Waals surface area contributed by atoms with Crippen molar-refractivity contribution in [1.29, 1.82) is 0 Å². The van der Waals surface area contributed by atoms with E-state index in [9.17, 15) is 9.18 Å². The van der Waals surface area contributed by atoms with Crippen LogP contribution in [-0.2, 0) is 4.79 Å². The lowest BCUT2D eigenvalue weighted by Crippen LogP contribution is -2.22. The third kappa shape index (κ3) is 4.25. The predicted octanol–water partition coefficient (Wildman–Crippen LogP) is 4.60. The smallest absolute Gasteiger partial charge is 0.237 e. The second kappa shape index (κ2) is 6.77. The van der Waals surface area contributed by atoms with Gasteiger partial charge in [-0.05, 0) is 49.4 Å². The van der Waals surface area contributed by atoms with Crippen LogP contribution in [0.4, 0.5) is 10.1 Å². The van der Waals surface area contributed by atoms with E-state index in [1.807, 2.05) is 12.1 Å². The number of rotatable bonds is 4. The zero-order chi connectivity index (χ0) is 14.5. The highest BCUT2D eigenvalue weighted by Crippen LogP contribution is 2.25. The van der Waals surface area contributed by atoms with Crippen LogP contribution in [-0.4, -0.2) is 11.2 Å². The summed E-state index contributed by atoms with van der Waals surface area (Å²) in [5, 5.41) is 3.05. The number of thioether (sulfide) groups is 1. The number of amides is 1. The first-order valence-corrected chi connectivity index (χ1v) is 7.29. The Kier molecular flexibility index (Phi) is 5.04. The van der Waals surface area contributed by atoms with E-state index in [2.05, 4.69) is 5.32 Å². The minimum atomic E-state index is -0.374. The maximum absolute atomic E-state index is 13.0. The molecule has 2 aromatic rings. The van der Waals surface area contributed by atoms with Crippen LogP contribution in [0.1, 0.15) is 6.92 Å². The Balaban J connectivity index is 1.96. The van der Waals surface area contributed by atoms with Crippen molar-refractivity contribution < 1.29 is 9.18 Å². The summed E-state index contributed by atoms with van der Waals surface area (Å²) in [5.74, 6) is -0.545. The summed E-state index contributed by atoms with van der Waals surface area (Å²) in [5.41, 5.74) is 0.457. The molecule has 0 spiro atoms. The van der Waals surface area contributed by atoms with Gasteiger partial charge in [0.25, 0.3) is 0 Å². The predicted molar refractivity (Wildman–Crippen MR) is 81.8 cm³/mol. The minimum Gasteiger partial charge on any atom is -0.325 e. The molecule has 2 rings (SSSR count). The Hall–Kier alpha value is -1.52. The van der Waals surface area contributed by atoms with E-state index in [0.717, 1.165) is 4.90 Å². The average molecular weight is 310 g/mol. The molecule has 0 aliphatic rings. The first-order chi connectivity index (χ1) is 9.54. The monoisotopic (exact) mass is 309 g/mol. The molecular formula is C15H13ClFNOS. The molecule has 0 saturated carbocycles. The molecule has 2 nitrogen and oxygen atoms in total. The first kappa shape index (κ1) is 14.9. The van der Waals surface area contributed by atoms with E-state index >= 15 is 0 Å². The quantitative estimate of drug-likeness (QED) is 0.836. The van der Waals surface area contributed by atoms with E-state index < -0.39 is 0 Å². The molecule has 5 heteroatoms. The second-order valence-corrected chi connectivity index (χ2v) is 6.06. The third-order valence-corrected chi connectivity index (χ3v) is 3.95. The third-order valence-electron chi connectivity index (χ3n) is 2.59. The Bertz CT molecular complexity index is 603. The zero-order valence-electron chi connectivity index (χ0n) is 10.8. The lowest BCUT2D eigenvalue weighted by atomic mass is 10.3. The molecule has 0 bridgehead atoms. The number of nitrogens with one attached hydrogen (secondary N) is 1. The van der Waals surface area contributed by atoms with E-state index in [-0.39, 0.29) is 17.0 Å². The summed E-state index contributed by atoms with van der Waals surface area (Å²) in [4.78, 5) is 13.0. The zero-order valence-corrected chi connectivity index (χ0v) is 12.3. The second-order valence-electron chi connectivity index (χ2n) is 4.21. The van der Waals surface area contributed by atoms with Crippen LogP contribution < -0.4 is 5.32 Å². The van der Waals surface area contributed by atoms with Crippen LogP contribution in [0.3, 0.4) is 0 Å². The number of halogens is 2. The van der Waals surface area contributed by atoms with E-state index in [4.69, 9.17) is 11.6 Å². The standard InChI is InChI=1S/C15H13ClFNOS/c1-10(20-14-7-5-11(16)6-8-14)15(19)18-13-4-2-3-12(17)9-13/h2-10H,1H3,(H,18,19). The van der Waals surface area contributed by atoms with Gasteiger partial charge in [0, 0.05) is 15.6 Å². The number of carbonyl (C=O) groups excluding carboxylic acids is 1. The molecular weight excluding hydrogens is 297 g/mol. The van der Waals surface area contributed by atoms with Gasteiger partial charge in [-0.2, -0.15) is 0 Å². The summed E-state index contributed by atoms with van der Waals surface area (Å²) in [6.07, 6.45) is 0. The molecule has 1 unspecified atom stereocenters. The van der Waals surface area contributed by atoms with Gasteiger partial charge in [-0.15, -0.1) is 11.8 Å². The van der Waals surface area contributed by atoms with Crippen LogP contribution in [0, 0.1) is 5.82 Å². The summed E-state index contributed by atoms with van der Waals surface area (Å²) < 4.78 is 13.0. The molecule has 2 aromatic carbocycles. The van der Waals surface area contributed by atoms with Gasteiger partial charge < -0.3 is 5.32 Å². The summed E-state index contributed by atoms with van der Waals surface area (Å²) >= 11 is 7.23. The highest BCUT2D eigenvalue weighted by Gasteiger charge is 2.14. The molecule has 1 atom stereocenters. The molecule has 1 N–H and O–H groups in total. The van der Waals surface area contributed by atoms with Crippen molar-refractivity contribution in [3.05, 3.63) is 59.4 Å². The largest absolute Gasteiger partial charge is 0.325 e. The maximum Gasteiger partial charge on any atom is 0.237 e. The molecule has 0 radical (unpaired) electrons. The van der Waals surface area contributed by atoms with Gasteiger partial charge in [-0.1, -0.05) is 17.7 Å². The van der Waals surface area contributed by atoms with Gasteiger partial charge in [0.2, 0.25) is 5.91 Å². The van der Waals surface area contributed by atoms with E-state index in [0.29, 0.717) is 10.7 Å². The highest BCUT2D eigenvalue weighted by molar-refractivity contribution is 8.00. The van der Waals surface area contributed by atoms with Crippen LogP contribution in [0.2, 0.25) is 5.02 Å². The number of carbonyl (C=O) groups is 1. The Morgan fingerprint density at radius 3 is 2.60 bits per heavy atom.